The maximum absolute atomic E-state index is 6.49. The quantitative estimate of drug-likeness (QED) is 0.354. The van der Waals surface area contributed by atoms with Gasteiger partial charge in [-0.2, -0.15) is 0 Å². The molecule has 1 aromatic carbocycles. The number of nitrogens with zero attached hydrogens (tertiary/aromatic N) is 4. The van der Waals surface area contributed by atoms with Crippen LogP contribution in [0.2, 0.25) is 5.02 Å². The molecule has 4 aromatic rings. The van der Waals surface area contributed by atoms with Gasteiger partial charge >= 0.3 is 0 Å². The van der Waals surface area contributed by atoms with Crippen LogP contribution in [-0.4, -0.2) is 26.8 Å². The van der Waals surface area contributed by atoms with Gasteiger partial charge in [-0.15, -0.1) is 11.3 Å². The Balaban J connectivity index is 1.68. The van der Waals surface area contributed by atoms with Crippen molar-refractivity contribution in [1.82, 2.24) is 19.9 Å². The standard InChI is InChI=1S/C24H22ClN5OS2/c1-14-12-17(15(2)29(14)24-27-10-11-33-24)22-21(19-6-4-5-9-26-19)28-23(32)30(22)16-7-8-20(31-3)18(25)13-16/h4-13,21-22H,1-3H3,(H,28,32)/t21-,22-/m0/s1. The molecule has 1 fully saturated rings. The number of aromatic nitrogens is 3. The van der Waals surface area contributed by atoms with Crippen molar-refractivity contribution in [2.45, 2.75) is 25.9 Å². The maximum atomic E-state index is 6.49. The summed E-state index contributed by atoms with van der Waals surface area (Å²) in [6, 6.07) is 13.6. The van der Waals surface area contributed by atoms with Crippen LogP contribution in [0.5, 0.6) is 5.75 Å². The fourth-order valence-corrected chi connectivity index (χ4v) is 5.81. The van der Waals surface area contributed by atoms with E-state index in [-0.39, 0.29) is 12.1 Å². The minimum absolute atomic E-state index is 0.128. The molecule has 5 rings (SSSR count). The summed E-state index contributed by atoms with van der Waals surface area (Å²) in [6.07, 6.45) is 3.63. The number of ether oxygens (including phenoxy) is 1. The highest BCUT2D eigenvalue weighted by Gasteiger charge is 2.42. The lowest BCUT2D eigenvalue weighted by Gasteiger charge is -2.28. The second-order valence-electron chi connectivity index (χ2n) is 7.79. The molecule has 0 aliphatic carbocycles. The van der Waals surface area contributed by atoms with Crippen LogP contribution in [-0.2, 0) is 0 Å². The minimum Gasteiger partial charge on any atom is -0.495 e. The Labute approximate surface area is 206 Å². The number of aryl methyl sites for hydroxylation is 1. The van der Waals surface area contributed by atoms with E-state index >= 15 is 0 Å². The van der Waals surface area contributed by atoms with Gasteiger partial charge in [0.15, 0.2) is 10.2 Å². The molecule has 0 spiro atoms. The topological polar surface area (TPSA) is 55.2 Å². The van der Waals surface area contributed by atoms with E-state index in [0.717, 1.165) is 33.5 Å². The molecule has 3 aromatic heterocycles. The number of rotatable bonds is 5. The highest BCUT2D eigenvalue weighted by atomic mass is 35.5. The Morgan fingerprint density at radius 2 is 1.97 bits per heavy atom. The third-order valence-electron chi connectivity index (χ3n) is 5.91. The van der Waals surface area contributed by atoms with Crippen molar-refractivity contribution in [1.29, 1.82) is 0 Å². The first-order chi connectivity index (χ1) is 16.0. The van der Waals surface area contributed by atoms with Gasteiger partial charge in [0.05, 0.1) is 29.9 Å². The summed E-state index contributed by atoms with van der Waals surface area (Å²) in [6.45, 7) is 4.22. The Kier molecular flexibility index (Phi) is 5.82. The van der Waals surface area contributed by atoms with E-state index in [1.54, 1.807) is 18.4 Å². The number of anilines is 1. The predicted octanol–water partition coefficient (Wildman–Crippen LogP) is 5.78. The van der Waals surface area contributed by atoms with E-state index in [1.807, 2.05) is 54.2 Å². The minimum atomic E-state index is -0.134. The Bertz CT molecular complexity index is 1310. The average Bonchev–Trinajstić information content (AvgIpc) is 3.52. The zero-order valence-electron chi connectivity index (χ0n) is 18.3. The van der Waals surface area contributed by atoms with E-state index < -0.39 is 0 Å². The molecule has 6 nitrogen and oxygen atoms in total. The molecular weight excluding hydrogens is 474 g/mol. The second kappa shape index (κ2) is 8.78. The molecule has 1 N–H and O–H groups in total. The van der Waals surface area contributed by atoms with Crippen LogP contribution in [0, 0.1) is 13.8 Å². The van der Waals surface area contributed by atoms with E-state index in [2.05, 4.69) is 44.7 Å². The number of pyridine rings is 1. The molecule has 0 bridgehead atoms. The summed E-state index contributed by atoms with van der Waals surface area (Å²) in [5.41, 5.74) is 5.19. The van der Waals surface area contributed by atoms with E-state index in [0.29, 0.717) is 15.9 Å². The van der Waals surface area contributed by atoms with Gasteiger partial charge in [-0.05, 0) is 68.0 Å². The van der Waals surface area contributed by atoms with Gasteiger partial charge in [-0.3, -0.25) is 9.55 Å². The highest BCUT2D eigenvalue weighted by Crippen LogP contribution is 2.44. The largest absolute Gasteiger partial charge is 0.495 e. The summed E-state index contributed by atoms with van der Waals surface area (Å²) in [5.74, 6) is 0.623. The third-order valence-corrected chi connectivity index (χ3v) is 7.28. The van der Waals surface area contributed by atoms with Crippen LogP contribution in [0.3, 0.4) is 0 Å². The van der Waals surface area contributed by atoms with Gasteiger partial charge in [-0.25, -0.2) is 4.98 Å². The van der Waals surface area contributed by atoms with Crippen LogP contribution in [0.1, 0.15) is 34.7 Å². The van der Waals surface area contributed by atoms with Gasteiger partial charge in [0, 0.05) is 34.8 Å². The molecule has 1 aliphatic rings. The monoisotopic (exact) mass is 495 g/mol. The number of thiazole rings is 1. The normalized spacial score (nSPS) is 17.9. The molecule has 0 saturated carbocycles. The number of benzene rings is 1. The van der Waals surface area contributed by atoms with Crippen LogP contribution >= 0.6 is 35.2 Å². The number of hydrogen-bond acceptors (Lipinski definition) is 5. The van der Waals surface area contributed by atoms with E-state index in [9.17, 15) is 0 Å². The first-order valence-corrected chi connectivity index (χ1v) is 12.1. The second-order valence-corrected chi connectivity index (χ2v) is 9.46. The average molecular weight is 496 g/mol. The summed E-state index contributed by atoms with van der Waals surface area (Å²) in [4.78, 5) is 11.3. The SMILES string of the molecule is COc1ccc(N2C(=S)N[C@@H](c3ccccn3)[C@@H]2c2cc(C)n(-c3nccs3)c2C)cc1Cl. The first kappa shape index (κ1) is 21.9. The van der Waals surface area contributed by atoms with Crippen molar-refractivity contribution in [3.8, 4) is 10.9 Å². The molecule has 33 heavy (non-hydrogen) atoms. The van der Waals surface area contributed by atoms with Crippen molar-refractivity contribution in [2.75, 3.05) is 12.0 Å². The van der Waals surface area contributed by atoms with Crippen LogP contribution in [0.4, 0.5) is 5.69 Å². The molecule has 1 aliphatic heterocycles. The highest BCUT2D eigenvalue weighted by molar-refractivity contribution is 7.80. The van der Waals surface area contributed by atoms with Crippen LogP contribution < -0.4 is 15.0 Å². The number of nitrogens with one attached hydrogen (secondary N) is 1. The summed E-state index contributed by atoms with van der Waals surface area (Å²) < 4.78 is 7.54. The molecule has 1 saturated heterocycles. The van der Waals surface area contributed by atoms with Crippen molar-refractivity contribution in [2.24, 2.45) is 0 Å². The van der Waals surface area contributed by atoms with Gasteiger partial charge in [-0.1, -0.05) is 17.7 Å². The van der Waals surface area contributed by atoms with Crippen molar-refractivity contribution < 1.29 is 4.74 Å². The Morgan fingerprint density at radius 1 is 1.12 bits per heavy atom. The summed E-state index contributed by atoms with van der Waals surface area (Å²) >= 11 is 13.9. The zero-order chi connectivity index (χ0) is 23.1. The molecule has 2 atom stereocenters. The van der Waals surface area contributed by atoms with Crippen molar-refractivity contribution in [3.05, 3.63) is 87.9 Å². The van der Waals surface area contributed by atoms with E-state index in [4.69, 9.17) is 28.6 Å². The van der Waals surface area contributed by atoms with Crippen molar-refractivity contribution >= 4 is 46.0 Å². The lowest BCUT2D eigenvalue weighted by molar-refractivity contribution is 0.415. The number of thiocarbonyl (C=S) groups is 1. The molecule has 0 amide bonds. The fourth-order valence-electron chi connectivity index (χ4n) is 4.46. The van der Waals surface area contributed by atoms with Gasteiger partial charge < -0.3 is 15.0 Å². The number of halogens is 1. The summed E-state index contributed by atoms with van der Waals surface area (Å²) in [7, 11) is 1.61. The van der Waals surface area contributed by atoms with Crippen LogP contribution in [0.25, 0.3) is 5.13 Å². The lowest BCUT2D eigenvalue weighted by Crippen LogP contribution is -2.29. The smallest absolute Gasteiger partial charge is 0.193 e. The zero-order valence-corrected chi connectivity index (χ0v) is 20.7. The number of methoxy groups -OCH3 is 1. The van der Waals surface area contributed by atoms with Crippen LogP contribution in [0.15, 0.2) is 60.2 Å². The molecule has 0 unspecified atom stereocenters. The van der Waals surface area contributed by atoms with Gasteiger partial charge in [0.2, 0.25) is 0 Å². The lowest BCUT2D eigenvalue weighted by atomic mass is 9.96. The fraction of sp³-hybridized carbons (Fsp3) is 0.208. The Hall–Kier alpha value is -2.94. The molecule has 9 heteroatoms. The molecular formula is C24H22ClN5OS2. The third kappa shape index (κ3) is 3.78. The Morgan fingerprint density at radius 3 is 2.64 bits per heavy atom. The molecule has 168 valence electrons. The van der Waals surface area contributed by atoms with E-state index in [1.165, 1.54) is 0 Å². The van der Waals surface area contributed by atoms with Crippen molar-refractivity contribution in [3.63, 3.8) is 0 Å². The molecule has 0 radical (unpaired) electrons. The van der Waals surface area contributed by atoms with Gasteiger partial charge in [0.1, 0.15) is 5.75 Å². The summed E-state index contributed by atoms with van der Waals surface area (Å²) in [5, 5.41) is 7.59. The predicted molar refractivity (Wildman–Crippen MR) is 137 cm³/mol. The maximum Gasteiger partial charge on any atom is 0.193 e. The van der Waals surface area contributed by atoms with Gasteiger partial charge in [0.25, 0.3) is 0 Å². The molecule has 4 heterocycles. The first-order valence-electron chi connectivity index (χ1n) is 10.4. The number of hydrogen-bond donors (Lipinski definition) is 1.